The van der Waals surface area contributed by atoms with Crippen molar-refractivity contribution in [1.82, 2.24) is 0 Å². The van der Waals surface area contributed by atoms with E-state index in [0.717, 1.165) is 5.56 Å². The first-order chi connectivity index (χ1) is 10.6. The first-order valence-electron chi connectivity index (χ1n) is 6.27. The fourth-order valence-corrected chi connectivity index (χ4v) is 1.76. The molecule has 2 aromatic rings. The van der Waals surface area contributed by atoms with Gasteiger partial charge < -0.3 is 8.92 Å². The van der Waals surface area contributed by atoms with E-state index < -0.39 is 10.9 Å². The molecule has 1 atom stereocenters. The molecule has 0 fully saturated rings. The van der Waals surface area contributed by atoms with Gasteiger partial charge in [-0.15, -0.1) is 0 Å². The number of benzene rings is 2. The molecule has 0 bridgehead atoms. The van der Waals surface area contributed by atoms with Gasteiger partial charge in [-0.2, -0.15) is 0 Å². The van der Waals surface area contributed by atoms with Crippen LogP contribution in [-0.2, 0) is 10.9 Å². The highest BCUT2D eigenvalue weighted by Gasteiger charge is 1.94. The van der Waals surface area contributed by atoms with Crippen LogP contribution < -0.4 is 8.92 Å². The summed E-state index contributed by atoms with van der Waals surface area (Å²) in [6.45, 7) is 1.56. The molecule has 0 saturated heterocycles. The number of rotatable bonds is 4. The van der Waals surface area contributed by atoms with E-state index in [-0.39, 0.29) is 5.78 Å². The largest absolute Gasteiger partial charge is 0.497 e. The Balaban J connectivity index is 0.000000235. The first-order valence-corrected chi connectivity index (χ1v) is 7.40. The van der Waals surface area contributed by atoms with Crippen molar-refractivity contribution < 1.29 is 23.1 Å². The van der Waals surface area contributed by atoms with Crippen molar-refractivity contribution in [1.29, 1.82) is 0 Å². The van der Waals surface area contributed by atoms with Gasteiger partial charge in [0.15, 0.2) is 5.78 Å². The summed E-state index contributed by atoms with van der Waals surface area (Å²) >= 11 is 0. The monoisotopic (exact) mass is 323 g/mol. The van der Waals surface area contributed by atoms with Crippen LogP contribution in [0.15, 0.2) is 59.1 Å². The lowest BCUT2D eigenvalue weighted by molar-refractivity contribution is 0.101. The number of ketones is 1. The summed E-state index contributed by atoms with van der Waals surface area (Å²) in [5.74, 6) is 1.15. The average Bonchev–Trinajstić information content (AvgIpc) is 2.57. The van der Waals surface area contributed by atoms with Crippen LogP contribution in [0.4, 0.5) is 0 Å². The molecule has 22 heavy (non-hydrogen) atoms. The summed E-state index contributed by atoms with van der Waals surface area (Å²) in [6, 6.07) is 15.7. The van der Waals surface area contributed by atoms with Gasteiger partial charge in [0.1, 0.15) is 11.5 Å². The number of nitrogens with zero attached hydrogens (tertiary/aromatic N) is 1. The number of hydrogen-bond acceptors (Lipinski definition) is 5. The molecule has 1 unspecified atom stereocenters. The van der Waals surface area contributed by atoms with Crippen molar-refractivity contribution in [3.05, 3.63) is 60.2 Å². The van der Waals surface area contributed by atoms with Crippen molar-refractivity contribution in [3.8, 4) is 11.5 Å². The molecule has 1 N–H and O–H groups in total. The topological polar surface area (TPSA) is 85.2 Å². The Bertz CT molecular complexity index is 664. The van der Waals surface area contributed by atoms with E-state index >= 15 is 0 Å². The van der Waals surface area contributed by atoms with Gasteiger partial charge in [-0.25, -0.2) is 4.21 Å². The Labute approximate surface area is 130 Å². The molecular formula is C15H17NO5S. The van der Waals surface area contributed by atoms with Gasteiger partial charge in [-0.1, -0.05) is 30.3 Å². The number of carbonyl (C=O) groups is 1. The van der Waals surface area contributed by atoms with Crippen molar-refractivity contribution in [2.24, 2.45) is 4.53 Å². The summed E-state index contributed by atoms with van der Waals surface area (Å²) in [5, 5.41) is 8.09. The second kappa shape index (κ2) is 9.54. The fourth-order valence-electron chi connectivity index (χ4n) is 1.42. The molecule has 0 heterocycles. The molecule has 6 nitrogen and oxygen atoms in total. The summed E-state index contributed by atoms with van der Waals surface area (Å²) in [7, 11) is -0.838. The Morgan fingerprint density at radius 2 is 1.59 bits per heavy atom. The molecule has 2 aromatic carbocycles. The van der Waals surface area contributed by atoms with E-state index in [1.165, 1.54) is 0 Å². The summed E-state index contributed by atoms with van der Waals surface area (Å²) in [4.78, 5) is 10.6. The zero-order chi connectivity index (χ0) is 16.4. The third kappa shape index (κ3) is 6.38. The SMILES string of the molecule is CC(=O)c1ccccc1.COc1ccc(O[SH](=O)=NO)cc1. The Morgan fingerprint density at radius 1 is 1.05 bits per heavy atom. The van der Waals surface area contributed by atoms with Gasteiger partial charge in [0, 0.05) is 5.56 Å². The lowest BCUT2D eigenvalue weighted by atomic mass is 10.2. The van der Waals surface area contributed by atoms with Gasteiger partial charge in [0.25, 0.3) is 0 Å². The molecule has 0 aromatic heterocycles. The van der Waals surface area contributed by atoms with Gasteiger partial charge in [-0.05, 0) is 35.7 Å². The third-order valence-electron chi connectivity index (χ3n) is 2.50. The second-order valence-electron chi connectivity index (χ2n) is 4.02. The van der Waals surface area contributed by atoms with Crippen molar-refractivity contribution in [2.75, 3.05) is 7.11 Å². The molecule has 118 valence electrons. The second-order valence-corrected chi connectivity index (χ2v) is 4.85. The van der Waals surface area contributed by atoms with Crippen LogP contribution in [0.1, 0.15) is 17.3 Å². The number of methoxy groups -OCH3 is 1. The number of carbonyl (C=O) groups excluding carboxylic acids is 1. The van der Waals surface area contributed by atoms with Gasteiger partial charge >= 0.3 is 0 Å². The fraction of sp³-hybridized carbons (Fsp3) is 0.133. The minimum atomic E-state index is -2.38. The Hall–Kier alpha value is -2.38. The molecule has 2 rings (SSSR count). The Kier molecular flexibility index (Phi) is 7.66. The van der Waals surface area contributed by atoms with E-state index in [0.29, 0.717) is 11.5 Å². The molecular weight excluding hydrogens is 306 g/mol. The van der Waals surface area contributed by atoms with Crippen LogP contribution in [0.5, 0.6) is 11.5 Å². The van der Waals surface area contributed by atoms with E-state index in [9.17, 15) is 9.00 Å². The molecule has 0 aliphatic rings. The van der Waals surface area contributed by atoms with Crippen LogP contribution in [0.25, 0.3) is 0 Å². The Morgan fingerprint density at radius 3 is 2.00 bits per heavy atom. The molecule has 0 saturated carbocycles. The van der Waals surface area contributed by atoms with Crippen molar-refractivity contribution in [3.63, 3.8) is 0 Å². The smallest absolute Gasteiger partial charge is 0.221 e. The number of hydrogen-bond donors (Lipinski definition) is 2. The summed E-state index contributed by atoms with van der Waals surface area (Å²) < 4.78 is 22.7. The minimum absolute atomic E-state index is 0.121. The number of ether oxygens (including phenoxy) is 1. The van der Waals surface area contributed by atoms with Gasteiger partial charge in [0.05, 0.1) is 7.11 Å². The van der Waals surface area contributed by atoms with Crippen molar-refractivity contribution in [2.45, 2.75) is 6.92 Å². The molecule has 0 radical (unpaired) electrons. The van der Waals surface area contributed by atoms with Crippen LogP contribution >= 0.6 is 0 Å². The predicted molar refractivity (Wildman–Crippen MR) is 83.8 cm³/mol. The standard InChI is InChI=1S/C8H8O.C7H9NO4S/c1-7(9)8-5-3-2-4-6-8;1-11-6-2-4-7(5-3-6)12-13(10)8-9/h2-6H,1H3;2-5,9,13H,1H3. The summed E-state index contributed by atoms with van der Waals surface area (Å²) in [6.07, 6.45) is 0. The van der Waals surface area contributed by atoms with E-state index in [1.54, 1.807) is 38.3 Å². The lowest BCUT2D eigenvalue weighted by Crippen LogP contribution is -1.90. The quantitative estimate of drug-likeness (QED) is 0.513. The van der Waals surface area contributed by atoms with E-state index in [4.69, 9.17) is 14.1 Å². The van der Waals surface area contributed by atoms with Crippen LogP contribution in [0.2, 0.25) is 0 Å². The molecule has 7 heteroatoms. The number of Topliss-reactive ketones (excluding diaryl/α,β-unsaturated/α-hetero) is 1. The zero-order valence-corrected chi connectivity index (χ0v) is 13.1. The van der Waals surface area contributed by atoms with Crippen LogP contribution in [-0.4, -0.2) is 22.3 Å². The number of thiol groups is 1. The molecule has 0 spiro atoms. The maximum absolute atomic E-state index is 10.6. The van der Waals surface area contributed by atoms with Crippen LogP contribution in [0, 0.1) is 0 Å². The highest BCUT2D eigenvalue weighted by molar-refractivity contribution is 7.70. The molecule has 0 aliphatic heterocycles. The summed E-state index contributed by atoms with van der Waals surface area (Å²) in [5.41, 5.74) is 0.775. The van der Waals surface area contributed by atoms with Crippen molar-refractivity contribution >= 4 is 16.7 Å². The third-order valence-corrected chi connectivity index (χ3v) is 3.01. The average molecular weight is 323 g/mol. The normalized spacial score (nSPS) is 11.0. The van der Waals surface area contributed by atoms with E-state index in [1.807, 2.05) is 30.3 Å². The predicted octanol–water partition coefficient (Wildman–Crippen LogP) is 2.93. The zero-order valence-electron chi connectivity index (χ0n) is 12.2. The maximum atomic E-state index is 10.6. The first kappa shape index (κ1) is 17.7. The highest BCUT2D eigenvalue weighted by atomic mass is 32.2. The van der Waals surface area contributed by atoms with Gasteiger partial charge in [0.2, 0.25) is 10.9 Å². The van der Waals surface area contributed by atoms with Gasteiger partial charge in [-0.3, -0.25) is 10.0 Å². The maximum Gasteiger partial charge on any atom is 0.221 e. The van der Waals surface area contributed by atoms with E-state index in [2.05, 4.69) is 4.53 Å². The van der Waals surface area contributed by atoms with Crippen LogP contribution in [0.3, 0.4) is 0 Å². The lowest BCUT2D eigenvalue weighted by Gasteiger charge is -2.00. The molecule has 0 aliphatic carbocycles. The molecule has 0 amide bonds. The minimum Gasteiger partial charge on any atom is -0.497 e. The highest BCUT2D eigenvalue weighted by Crippen LogP contribution is 2.16.